The summed E-state index contributed by atoms with van der Waals surface area (Å²) in [6, 6.07) is 18.5. The number of nitrogens with zero attached hydrogens (tertiary/aromatic N) is 1. The van der Waals surface area contributed by atoms with E-state index in [1.165, 1.54) is 0 Å². The molecular weight excluding hydrogens is 250 g/mol. The number of Topliss-reactive ketones (excluding diaryl/α,β-unsaturated/α-hetero) is 1. The van der Waals surface area contributed by atoms with Crippen molar-refractivity contribution < 1.29 is 9.53 Å². The third-order valence-electron chi connectivity index (χ3n) is 3.17. The number of rotatable bonds is 5. The molecule has 3 heteroatoms. The van der Waals surface area contributed by atoms with Crippen molar-refractivity contribution in [3.05, 3.63) is 65.7 Å². The maximum atomic E-state index is 12.6. The maximum Gasteiger partial charge on any atom is 0.171 e. The van der Waals surface area contributed by atoms with Crippen LogP contribution in [0.15, 0.2) is 54.6 Å². The minimum atomic E-state index is -0.437. The van der Waals surface area contributed by atoms with Crippen molar-refractivity contribution in [2.24, 2.45) is 0 Å². The smallest absolute Gasteiger partial charge is 0.171 e. The summed E-state index contributed by atoms with van der Waals surface area (Å²) in [5.41, 5.74) is 1.43. The fraction of sp³-hybridized carbons (Fsp3) is 0.176. The third-order valence-corrected chi connectivity index (χ3v) is 3.17. The number of carbonyl (C=O) groups is 1. The molecule has 0 saturated heterocycles. The van der Waals surface area contributed by atoms with Gasteiger partial charge in [-0.1, -0.05) is 42.5 Å². The molecule has 0 N–H and O–H groups in total. The topological polar surface area (TPSA) is 50.1 Å². The predicted octanol–water partition coefficient (Wildman–Crippen LogP) is 3.58. The SMILES string of the molecule is COc1cccc(C(=O)C(CC#N)c2ccccc2)c1. The fourth-order valence-corrected chi connectivity index (χ4v) is 2.12. The molecule has 1 atom stereocenters. The molecule has 0 fully saturated rings. The Hall–Kier alpha value is -2.60. The first-order chi connectivity index (χ1) is 9.76. The Kier molecular flexibility index (Phi) is 4.52. The number of nitriles is 1. The summed E-state index contributed by atoms with van der Waals surface area (Å²) in [5, 5.41) is 8.97. The van der Waals surface area contributed by atoms with Crippen molar-refractivity contribution in [2.45, 2.75) is 12.3 Å². The maximum absolute atomic E-state index is 12.6. The summed E-state index contributed by atoms with van der Waals surface area (Å²) < 4.78 is 5.13. The van der Waals surface area contributed by atoms with Gasteiger partial charge in [0.25, 0.3) is 0 Å². The minimum Gasteiger partial charge on any atom is -0.497 e. The number of ether oxygens (including phenoxy) is 1. The lowest BCUT2D eigenvalue weighted by Crippen LogP contribution is -2.12. The summed E-state index contributed by atoms with van der Waals surface area (Å²) in [6.07, 6.45) is 0.167. The Bertz CT molecular complexity index is 629. The standard InChI is InChI=1S/C17H15NO2/c1-20-15-9-5-8-14(12-15)17(19)16(10-11-18)13-6-3-2-4-7-13/h2-9,12,16H,10H2,1H3. The van der Waals surface area contributed by atoms with E-state index in [2.05, 4.69) is 6.07 Å². The largest absolute Gasteiger partial charge is 0.497 e. The van der Waals surface area contributed by atoms with Crippen LogP contribution in [0, 0.1) is 11.3 Å². The molecule has 0 saturated carbocycles. The van der Waals surface area contributed by atoms with Crippen molar-refractivity contribution in [1.29, 1.82) is 5.26 Å². The van der Waals surface area contributed by atoms with E-state index in [4.69, 9.17) is 10.00 Å². The van der Waals surface area contributed by atoms with Gasteiger partial charge in [-0.05, 0) is 17.7 Å². The van der Waals surface area contributed by atoms with Gasteiger partial charge in [-0.15, -0.1) is 0 Å². The van der Waals surface area contributed by atoms with Crippen LogP contribution in [0.2, 0.25) is 0 Å². The van der Waals surface area contributed by atoms with Crippen LogP contribution in [0.3, 0.4) is 0 Å². The minimum absolute atomic E-state index is 0.0587. The van der Waals surface area contributed by atoms with Crippen LogP contribution in [0.5, 0.6) is 5.75 Å². The summed E-state index contributed by atoms with van der Waals surface area (Å²) in [4.78, 5) is 12.6. The lowest BCUT2D eigenvalue weighted by molar-refractivity contribution is 0.0960. The van der Waals surface area contributed by atoms with Gasteiger partial charge in [-0.2, -0.15) is 5.26 Å². The van der Waals surface area contributed by atoms with Gasteiger partial charge in [0.15, 0.2) is 5.78 Å². The van der Waals surface area contributed by atoms with Gasteiger partial charge in [0, 0.05) is 12.0 Å². The van der Waals surface area contributed by atoms with E-state index in [9.17, 15) is 4.79 Å². The van der Waals surface area contributed by atoms with Gasteiger partial charge in [-0.25, -0.2) is 0 Å². The van der Waals surface area contributed by atoms with Crippen LogP contribution in [0.25, 0.3) is 0 Å². The number of methoxy groups -OCH3 is 1. The molecule has 0 aliphatic rings. The van der Waals surface area contributed by atoms with Crippen LogP contribution in [0.4, 0.5) is 0 Å². The second kappa shape index (κ2) is 6.53. The van der Waals surface area contributed by atoms with Crippen LogP contribution in [-0.4, -0.2) is 12.9 Å². The molecule has 0 aliphatic heterocycles. The molecule has 0 aliphatic carbocycles. The van der Waals surface area contributed by atoms with Crippen molar-refractivity contribution in [3.63, 3.8) is 0 Å². The normalized spacial score (nSPS) is 11.4. The summed E-state index contributed by atoms with van der Waals surface area (Å²) in [6.45, 7) is 0. The molecule has 20 heavy (non-hydrogen) atoms. The van der Waals surface area contributed by atoms with Gasteiger partial charge in [0.1, 0.15) is 5.75 Å². The molecule has 0 radical (unpaired) electrons. The van der Waals surface area contributed by atoms with Gasteiger partial charge in [0.2, 0.25) is 0 Å². The fourth-order valence-electron chi connectivity index (χ4n) is 2.12. The van der Waals surface area contributed by atoms with E-state index < -0.39 is 5.92 Å². The van der Waals surface area contributed by atoms with E-state index in [0.29, 0.717) is 11.3 Å². The van der Waals surface area contributed by atoms with Crippen molar-refractivity contribution >= 4 is 5.78 Å². The first kappa shape index (κ1) is 13.8. The van der Waals surface area contributed by atoms with Crippen molar-refractivity contribution in [1.82, 2.24) is 0 Å². The van der Waals surface area contributed by atoms with Crippen LogP contribution < -0.4 is 4.74 Å². The molecule has 100 valence electrons. The van der Waals surface area contributed by atoms with E-state index >= 15 is 0 Å². The zero-order valence-corrected chi connectivity index (χ0v) is 11.2. The summed E-state index contributed by atoms with van der Waals surface area (Å²) in [5.74, 6) is 0.143. The number of hydrogen-bond acceptors (Lipinski definition) is 3. The van der Waals surface area contributed by atoms with Crippen molar-refractivity contribution in [2.75, 3.05) is 7.11 Å². The van der Waals surface area contributed by atoms with Gasteiger partial charge < -0.3 is 4.74 Å². The lowest BCUT2D eigenvalue weighted by Gasteiger charge is -2.13. The van der Waals surface area contributed by atoms with Gasteiger partial charge in [-0.3, -0.25) is 4.79 Å². The van der Waals surface area contributed by atoms with Crippen LogP contribution >= 0.6 is 0 Å². The highest BCUT2D eigenvalue weighted by Gasteiger charge is 2.22. The number of carbonyl (C=O) groups excluding carboxylic acids is 1. The summed E-state index contributed by atoms with van der Waals surface area (Å²) in [7, 11) is 1.56. The van der Waals surface area contributed by atoms with Crippen LogP contribution in [0.1, 0.15) is 28.3 Å². The second-order valence-corrected chi connectivity index (χ2v) is 4.42. The molecule has 0 bridgehead atoms. The van der Waals surface area contributed by atoms with E-state index in [0.717, 1.165) is 5.56 Å². The molecule has 0 heterocycles. The predicted molar refractivity (Wildman–Crippen MR) is 76.7 cm³/mol. The Morgan fingerprint density at radius 3 is 2.60 bits per heavy atom. The lowest BCUT2D eigenvalue weighted by atomic mass is 9.88. The quantitative estimate of drug-likeness (QED) is 0.776. The average Bonchev–Trinajstić information content (AvgIpc) is 2.53. The Morgan fingerprint density at radius 2 is 1.95 bits per heavy atom. The summed E-state index contributed by atoms with van der Waals surface area (Å²) >= 11 is 0. The number of hydrogen-bond donors (Lipinski definition) is 0. The zero-order chi connectivity index (χ0) is 14.4. The molecule has 2 aromatic carbocycles. The molecule has 0 spiro atoms. The Balaban J connectivity index is 2.34. The monoisotopic (exact) mass is 265 g/mol. The van der Waals surface area contributed by atoms with E-state index in [1.807, 2.05) is 30.3 Å². The highest BCUT2D eigenvalue weighted by Crippen LogP contribution is 2.25. The number of benzene rings is 2. The van der Waals surface area contributed by atoms with Crippen molar-refractivity contribution in [3.8, 4) is 11.8 Å². The molecule has 2 rings (SSSR count). The van der Waals surface area contributed by atoms with E-state index in [-0.39, 0.29) is 12.2 Å². The van der Waals surface area contributed by atoms with Gasteiger partial charge in [0.05, 0.1) is 19.1 Å². The average molecular weight is 265 g/mol. The molecule has 2 aromatic rings. The Morgan fingerprint density at radius 1 is 1.20 bits per heavy atom. The van der Waals surface area contributed by atoms with Crippen LogP contribution in [-0.2, 0) is 0 Å². The Labute approximate surface area is 118 Å². The highest BCUT2D eigenvalue weighted by atomic mass is 16.5. The van der Waals surface area contributed by atoms with E-state index in [1.54, 1.807) is 31.4 Å². The molecule has 3 nitrogen and oxygen atoms in total. The molecule has 0 aromatic heterocycles. The highest BCUT2D eigenvalue weighted by molar-refractivity contribution is 6.01. The third kappa shape index (κ3) is 3.04. The number of ketones is 1. The van der Waals surface area contributed by atoms with Gasteiger partial charge >= 0.3 is 0 Å². The molecular formula is C17H15NO2. The first-order valence-electron chi connectivity index (χ1n) is 6.36. The second-order valence-electron chi connectivity index (χ2n) is 4.42. The first-order valence-corrected chi connectivity index (χ1v) is 6.36. The molecule has 0 amide bonds. The zero-order valence-electron chi connectivity index (χ0n) is 11.2. The molecule has 1 unspecified atom stereocenters.